The van der Waals surface area contributed by atoms with Crippen LogP contribution in [0, 0.1) is 0 Å². The van der Waals surface area contributed by atoms with Crippen LogP contribution in [0.3, 0.4) is 0 Å². The summed E-state index contributed by atoms with van der Waals surface area (Å²) in [6.45, 7) is 2.32. The van der Waals surface area contributed by atoms with Crippen molar-refractivity contribution in [1.82, 2.24) is 14.8 Å². The van der Waals surface area contributed by atoms with Gasteiger partial charge in [0.2, 0.25) is 5.78 Å². The summed E-state index contributed by atoms with van der Waals surface area (Å²) < 4.78 is 6.65. The number of carbonyl (C=O) groups is 1. The third-order valence-electron chi connectivity index (χ3n) is 3.60. The van der Waals surface area contributed by atoms with Gasteiger partial charge in [0.05, 0.1) is 7.11 Å². The molecule has 0 saturated heterocycles. The lowest BCUT2D eigenvalue weighted by molar-refractivity contribution is 0.103. The zero-order chi connectivity index (χ0) is 15.7. The quantitative estimate of drug-likeness (QED) is 0.747. The first-order valence-electron chi connectivity index (χ1n) is 6.92. The standard InChI is InChI=1S/C16H15N3O3/c1-3-19-16(21)12(9-18-19)15(20)11-6-7-13(22-2)14-10(11)5-4-8-17-14/h4-9,18H,3H2,1-2H3. The Morgan fingerprint density at radius 2 is 2.14 bits per heavy atom. The number of nitrogens with one attached hydrogen (secondary N) is 1. The van der Waals surface area contributed by atoms with E-state index >= 15 is 0 Å². The smallest absolute Gasteiger partial charge is 0.277 e. The van der Waals surface area contributed by atoms with Crippen molar-refractivity contribution >= 4 is 16.7 Å². The van der Waals surface area contributed by atoms with Gasteiger partial charge in [-0.25, -0.2) is 0 Å². The van der Waals surface area contributed by atoms with Crippen molar-refractivity contribution < 1.29 is 9.53 Å². The Kier molecular flexibility index (Phi) is 3.50. The van der Waals surface area contributed by atoms with E-state index in [0.717, 1.165) is 0 Å². The maximum absolute atomic E-state index is 12.7. The normalized spacial score (nSPS) is 10.8. The summed E-state index contributed by atoms with van der Waals surface area (Å²) in [5, 5.41) is 3.45. The number of hydrogen-bond acceptors (Lipinski definition) is 4. The molecule has 3 aromatic rings. The lowest BCUT2D eigenvalue weighted by atomic mass is 10.0. The van der Waals surface area contributed by atoms with Gasteiger partial charge in [0, 0.05) is 29.9 Å². The van der Waals surface area contributed by atoms with Gasteiger partial charge >= 0.3 is 0 Å². The summed E-state index contributed by atoms with van der Waals surface area (Å²) in [5.74, 6) is 0.265. The number of fused-ring (bicyclic) bond motifs is 1. The third-order valence-corrected chi connectivity index (χ3v) is 3.60. The van der Waals surface area contributed by atoms with E-state index in [1.165, 1.54) is 10.9 Å². The molecule has 0 aliphatic heterocycles. The number of benzene rings is 1. The summed E-state index contributed by atoms with van der Waals surface area (Å²) in [7, 11) is 1.55. The first-order chi connectivity index (χ1) is 10.7. The first-order valence-corrected chi connectivity index (χ1v) is 6.92. The second kappa shape index (κ2) is 5.48. The number of ketones is 1. The molecular formula is C16H15N3O3. The van der Waals surface area contributed by atoms with E-state index in [9.17, 15) is 9.59 Å². The van der Waals surface area contributed by atoms with Gasteiger partial charge in [0.25, 0.3) is 5.56 Å². The van der Waals surface area contributed by atoms with Crippen LogP contribution >= 0.6 is 0 Å². The van der Waals surface area contributed by atoms with Crippen molar-refractivity contribution in [3.05, 3.63) is 58.1 Å². The van der Waals surface area contributed by atoms with E-state index in [2.05, 4.69) is 10.1 Å². The van der Waals surface area contributed by atoms with E-state index in [1.54, 1.807) is 37.6 Å². The van der Waals surface area contributed by atoms with Gasteiger partial charge < -0.3 is 9.84 Å². The molecule has 6 heteroatoms. The van der Waals surface area contributed by atoms with Crippen molar-refractivity contribution in [1.29, 1.82) is 0 Å². The molecule has 112 valence electrons. The number of aryl methyl sites for hydroxylation is 1. The molecule has 0 aliphatic carbocycles. The van der Waals surface area contributed by atoms with Crippen LogP contribution in [-0.2, 0) is 6.54 Å². The van der Waals surface area contributed by atoms with E-state index in [0.29, 0.717) is 28.8 Å². The Morgan fingerprint density at radius 3 is 2.82 bits per heavy atom. The van der Waals surface area contributed by atoms with Crippen molar-refractivity contribution in [3.63, 3.8) is 0 Å². The van der Waals surface area contributed by atoms with Crippen LogP contribution in [0.25, 0.3) is 10.9 Å². The summed E-state index contributed by atoms with van der Waals surface area (Å²) in [6, 6.07) is 6.89. The lowest BCUT2D eigenvalue weighted by Gasteiger charge is -2.08. The highest BCUT2D eigenvalue weighted by atomic mass is 16.5. The Labute approximate surface area is 126 Å². The van der Waals surface area contributed by atoms with Crippen LogP contribution in [0.4, 0.5) is 0 Å². The molecule has 0 bridgehead atoms. The fourth-order valence-corrected chi connectivity index (χ4v) is 2.46. The van der Waals surface area contributed by atoms with Gasteiger partial charge in [0.1, 0.15) is 16.8 Å². The molecule has 0 radical (unpaired) electrons. The summed E-state index contributed by atoms with van der Waals surface area (Å²) >= 11 is 0. The molecule has 0 fully saturated rings. The molecular weight excluding hydrogens is 282 g/mol. The van der Waals surface area contributed by atoms with Crippen LogP contribution in [0.5, 0.6) is 5.75 Å². The van der Waals surface area contributed by atoms with Gasteiger partial charge in [-0.1, -0.05) is 6.07 Å². The fourth-order valence-electron chi connectivity index (χ4n) is 2.46. The lowest BCUT2D eigenvalue weighted by Crippen LogP contribution is -2.21. The molecule has 6 nitrogen and oxygen atoms in total. The number of rotatable bonds is 4. The maximum atomic E-state index is 12.7. The average Bonchev–Trinajstić information content (AvgIpc) is 2.94. The van der Waals surface area contributed by atoms with Crippen LogP contribution in [0.15, 0.2) is 41.5 Å². The highest BCUT2D eigenvalue weighted by Crippen LogP contribution is 2.27. The molecule has 0 atom stereocenters. The summed E-state index contributed by atoms with van der Waals surface area (Å²) in [5.41, 5.74) is 0.836. The number of pyridine rings is 1. The molecule has 2 heterocycles. The van der Waals surface area contributed by atoms with Crippen LogP contribution < -0.4 is 10.3 Å². The van der Waals surface area contributed by atoms with Gasteiger partial charge in [-0.3, -0.25) is 19.3 Å². The molecule has 0 aliphatic rings. The van der Waals surface area contributed by atoms with E-state index in [4.69, 9.17) is 4.74 Å². The zero-order valence-electron chi connectivity index (χ0n) is 12.3. The maximum Gasteiger partial charge on any atom is 0.277 e. The number of hydrogen-bond donors (Lipinski definition) is 1. The van der Waals surface area contributed by atoms with Crippen molar-refractivity contribution in [2.75, 3.05) is 7.11 Å². The van der Waals surface area contributed by atoms with E-state index in [1.807, 2.05) is 6.92 Å². The monoisotopic (exact) mass is 297 g/mol. The minimum Gasteiger partial charge on any atom is -0.494 e. The topological polar surface area (TPSA) is 77.0 Å². The van der Waals surface area contributed by atoms with Crippen molar-refractivity contribution in [2.45, 2.75) is 13.5 Å². The second-order valence-corrected chi connectivity index (χ2v) is 4.78. The van der Waals surface area contributed by atoms with Crippen LogP contribution in [0.2, 0.25) is 0 Å². The zero-order valence-corrected chi connectivity index (χ0v) is 12.3. The second-order valence-electron chi connectivity index (χ2n) is 4.78. The number of ether oxygens (including phenoxy) is 1. The molecule has 1 aromatic carbocycles. The number of methoxy groups -OCH3 is 1. The summed E-state index contributed by atoms with van der Waals surface area (Å²) in [6.07, 6.45) is 3.08. The number of carbonyl (C=O) groups excluding carboxylic acids is 1. The molecule has 0 amide bonds. The first kappa shape index (κ1) is 14.1. The highest BCUT2D eigenvalue weighted by molar-refractivity contribution is 6.16. The SMILES string of the molecule is CCn1[nH]cc(C(=O)c2ccc(OC)c3ncccc23)c1=O. The number of aromatic nitrogens is 3. The molecule has 22 heavy (non-hydrogen) atoms. The number of aromatic amines is 1. The Morgan fingerprint density at radius 1 is 1.32 bits per heavy atom. The van der Waals surface area contributed by atoms with Crippen LogP contribution in [0.1, 0.15) is 22.8 Å². The number of H-pyrrole nitrogens is 1. The average molecular weight is 297 g/mol. The Hall–Kier alpha value is -2.89. The van der Waals surface area contributed by atoms with E-state index in [-0.39, 0.29) is 16.9 Å². The van der Waals surface area contributed by atoms with Crippen LogP contribution in [-0.4, -0.2) is 27.7 Å². The molecule has 0 spiro atoms. The van der Waals surface area contributed by atoms with Gasteiger partial charge in [-0.2, -0.15) is 0 Å². The minimum absolute atomic E-state index is 0.122. The Bertz CT molecular complexity index is 908. The molecule has 3 rings (SSSR count). The Balaban J connectivity index is 2.20. The van der Waals surface area contributed by atoms with Crippen molar-refractivity contribution in [3.8, 4) is 5.75 Å². The fraction of sp³-hybridized carbons (Fsp3) is 0.188. The molecule has 0 unspecified atom stereocenters. The van der Waals surface area contributed by atoms with Crippen molar-refractivity contribution in [2.24, 2.45) is 0 Å². The largest absolute Gasteiger partial charge is 0.494 e. The molecule has 2 aromatic heterocycles. The van der Waals surface area contributed by atoms with E-state index < -0.39 is 0 Å². The predicted molar refractivity (Wildman–Crippen MR) is 82.5 cm³/mol. The highest BCUT2D eigenvalue weighted by Gasteiger charge is 2.19. The van der Waals surface area contributed by atoms with Gasteiger partial charge in [-0.15, -0.1) is 0 Å². The number of nitrogens with zero attached hydrogens (tertiary/aromatic N) is 2. The third kappa shape index (κ3) is 2.09. The molecule has 0 saturated carbocycles. The van der Waals surface area contributed by atoms with Gasteiger partial charge in [-0.05, 0) is 25.1 Å². The predicted octanol–water partition coefficient (Wildman–Crippen LogP) is 1.98. The summed E-state index contributed by atoms with van der Waals surface area (Å²) in [4.78, 5) is 29.1. The minimum atomic E-state index is -0.325. The molecule has 1 N–H and O–H groups in total. The van der Waals surface area contributed by atoms with Gasteiger partial charge in [0.15, 0.2) is 0 Å².